The first-order valence-electron chi connectivity index (χ1n) is 7.85. The number of halogens is 3. The van der Waals surface area contributed by atoms with Crippen LogP contribution in [0.3, 0.4) is 0 Å². The van der Waals surface area contributed by atoms with E-state index in [0.717, 1.165) is 6.07 Å². The Morgan fingerprint density at radius 2 is 1.83 bits per heavy atom. The Kier molecular flexibility index (Phi) is 4.45. The highest BCUT2D eigenvalue weighted by Crippen LogP contribution is 2.32. The van der Waals surface area contributed by atoms with Gasteiger partial charge in [-0.15, -0.1) is 0 Å². The molecule has 0 N–H and O–H groups in total. The molecule has 2 heterocycles. The van der Waals surface area contributed by atoms with Gasteiger partial charge >= 0.3 is 6.18 Å². The minimum absolute atomic E-state index is 0.0477. The number of alkyl halides is 3. The molecule has 0 spiro atoms. The van der Waals surface area contributed by atoms with E-state index in [2.05, 4.69) is 9.97 Å². The molecule has 1 aliphatic heterocycles. The van der Waals surface area contributed by atoms with Crippen LogP contribution in [0.1, 0.15) is 30.8 Å². The molecule has 0 radical (unpaired) electrons. The third kappa shape index (κ3) is 3.64. The molecule has 134 valence electrons. The van der Waals surface area contributed by atoms with Crippen molar-refractivity contribution in [3.63, 3.8) is 0 Å². The number of aromatic nitrogens is 2. The lowest BCUT2D eigenvalue weighted by Gasteiger charge is -2.23. The zero-order valence-corrected chi connectivity index (χ0v) is 14.1. The van der Waals surface area contributed by atoms with E-state index in [9.17, 15) is 21.6 Å². The number of sulfonamides is 1. The van der Waals surface area contributed by atoms with Crippen LogP contribution in [0.15, 0.2) is 6.07 Å². The van der Waals surface area contributed by atoms with Crippen molar-refractivity contribution in [1.29, 1.82) is 0 Å². The highest BCUT2D eigenvalue weighted by molar-refractivity contribution is 7.90. The summed E-state index contributed by atoms with van der Waals surface area (Å²) in [6.07, 6.45) is -2.59. The van der Waals surface area contributed by atoms with Crippen LogP contribution >= 0.6 is 0 Å². The fourth-order valence-corrected chi connectivity index (χ4v) is 4.69. The van der Waals surface area contributed by atoms with Gasteiger partial charge in [-0.1, -0.05) is 0 Å². The Balaban J connectivity index is 1.78. The molecular formula is C14H19F3N4O2S. The van der Waals surface area contributed by atoms with Gasteiger partial charge in [0, 0.05) is 32.2 Å². The zero-order valence-electron chi connectivity index (χ0n) is 13.3. The highest BCUT2D eigenvalue weighted by atomic mass is 32.2. The van der Waals surface area contributed by atoms with Crippen LogP contribution in [0.5, 0.6) is 0 Å². The molecule has 0 amide bonds. The van der Waals surface area contributed by atoms with Gasteiger partial charge < -0.3 is 4.90 Å². The summed E-state index contributed by atoms with van der Waals surface area (Å²) >= 11 is 0. The quantitative estimate of drug-likeness (QED) is 0.818. The van der Waals surface area contributed by atoms with Crippen LogP contribution in [-0.4, -0.2) is 54.1 Å². The van der Waals surface area contributed by atoms with Crippen LogP contribution in [0.25, 0.3) is 0 Å². The van der Waals surface area contributed by atoms with E-state index in [1.54, 1.807) is 4.90 Å². The van der Waals surface area contributed by atoms with Gasteiger partial charge in [0.2, 0.25) is 10.0 Å². The number of anilines is 1. The van der Waals surface area contributed by atoms with Crippen LogP contribution in [-0.2, 0) is 16.2 Å². The van der Waals surface area contributed by atoms with E-state index in [1.165, 1.54) is 11.2 Å². The predicted molar refractivity (Wildman–Crippen MR) is 82.1 cm³/mol. The summed E-state index contributed by atoms with van der Waals surface area (Å²) in [5, 5.41) is -0.276. The Morgan fingerprint density at radius 1 is 1.12 bits per heavy atom. The van der Waals surface area contributed by atoms with Gasteiger partial charge in [0.05, 0.1) is 5.25 Å². The van der Waals surface area contributed by atoms with Gasteiger partial charge in [-0.2, -0.15) is 17.5 Å². The Morgan fingerprint density at radius 3 is 2.46 bits per heavy atom. The lowest BCUT2D eigenvalue weighted by molar-refractivity contribution is -0.141. The number of nitrogens with zero attached hydrogens (tertiary/aromatic N) is 4. The molecule has 6 nitrogen and oxygen atoms in total. The van der Waals surface area contributed by atoms with Crippen molar-refractivity contribution in [3.8, 4) is 0 Å². The van der Waals surface area contributed by atoms with Gasteiger partial charge in [-0.3, -0.25) is 0 Å². The smallest absolute Gasteiger partial charge is 0.355 e. The molecule has 1 saturated carbocycles. The maximum atomic E-state index is 12.9. The Hall–Kier alpha value is -1.42. The minimum Gasteiger partial charge on any atom is -0.355 e. The van der Waals surface area contributed by atoms with Crippen molar-refractivity contribution in [2.45, 2.75) is 37.6 Å². The standard InChI is InChI=1S/C14H19F3N4O2S/c1-10-18-12(14(15,16)17)9-13(19-10)20-5-2-6-21(8-7-20)24(22,23)11-3-4-11/h9,11H,2-8H2,1H3. The van der Waals surface area contributed by atoms with Crippen LogP contribution in [0, 0.1) is 6.92 Å². The molecule has 2 fully saturated rings. The molecule has 10 heteroatoms. The largest absolute Gasteiger partial charge is 0.433 e. The molecule has 1 saturated heterocycles. The predicted octanol–water partition coefficient (Wildman–Crippen LogP) is 1.81. The monoisotopic (exact) mass is 364 g/mol. The molecule has 0 bridgehead atoms. The van der Waals surface area contributed by atoms with Crippen molar-refractivity contribution in [2.24, 2.45) is 0 Å². The number of hydrogen-bond donors (Lipinski definition) is 0. The molecule has 3 rings (SSSR count). The summed E-state index contributed by atoms with van der Waals surface area (Å²) in [6.45, 7) is 2.86. The molecule has 1 aromatic heterocycles. The summed E-state index contributed by atoms with van der Waals surface area (Å²) in [5.41, 5.74) is -0.975. The normalized spacial score (nSPS) is 20.9. The number of aryl methyl sites for hydroxylation is 1. The SMILES string of the molecule is Cc1nc(N2CCCN(S(=O)(=O)C3CC3)CC2)cc(C(F)(F)F)n1. The zero-order chi connectivity index (χ0) is 17.5. The van der Waals surface area contributed by atoms with Crippen molar-refractivity contribution < 1.29 is 21.6 Å². The molecule has 2 aliphatic rings. The summed E-state index contributed by atoms with van der Waals surface area (Å²) in [7, 11) is -3.26. The molecular weight excluding hydrogens is 345 g/mol. The van der Waals surface area contributed by atoms with Gasteiger partial charge in [0.15, 0.2) is 0 Å². The number of hydrogen-bond acceptors (Lipinski definition) is 5. The van der Waals surface area contributed by atoms with E-state index >= 15 is 0 Å². The minimum atomic E-state index is -4.53. The molecule has 0 unspecified atom stereocenters. The maximum Gasteiger partial charge on any atom is 0.433 e. The van der Waals surface area contributed by atoms with E-state index < -0.39 is 21.9 Å². The summed E-state index contributed by atoms with van der Waals surface area (Å²) < 4.78 is 64.8. The van der Waals surface area contributed by atoms with E-state index in [1.807, 2.05) is 0 Å². The second-order valence-corrected chi connectivity index (χ2v) is 8.35. The fraction of sp³-hybridized carbons (Fsp3) is 0.714. The van der Waals surface area contributed by atoms with E-state index in [-0.39, 0.29) is 23.4 Å². The van der Waals surface area contributed by atoms with Crippen LogP contribution < -0.4 is 4.90 Å². The first-order valence-corrected chi connectivity index (χ1v) is 9.35. The lowest BCUT2D eigenvalue weighted by Crippen LogP contribution is -2.37. The summed E-state index contributed by atoms with van der Waals surface area (Å²) in [4.78, 5) is 9.23. The Labute approximate surface area is 138 Å². The fourth-order valence-electron chi connectivity index (χ4n) is 2.81. The molecule has 1 aromatic rings. The van der Waals surface area contributed by atoms with Crippen molar-refractivity contribution in [3.05, 3.63) is 17.6 Å². The summed E-state index contributed by atoms with van der Waals surface area (Å²) in [5.74, 6) is 0.243. The first-order chi connectivity index (χ1) is 11.2. The van der Waals surface area contributed by atoms with Crippen LogP contribution in [0.4, 0.5) is 19.0 Å². The topological polar surface area (TPSA) is 66.4 Å². The highest BCUT2D eigenvalue weighted by Gasteiger charge is 2.40. The molecule has 1 aliphatic carbocycles. The van der Waals surface area contributed by atoms with Gasteiger partial charge in [-0.05, 0) is 26.2 Å². The Bertz CT molecular complexity index is 719. The third-order valence-electron chi connectivity index (χ3n) is 4.20. The third-order valence-corrected chi connectivity index (χ3v) is 6.60. The van der Waals surface area contributed by atoms with E-state index in [0.29, 0.717) is 38.9 Å². The van der Waals surface area contributed by atoms with Crippen molar-refractivity contribution in [1.82, 2.24) is 14.3 Å². The maximum absolute atomic E-state index is 12.9. The van der Waals surface area contributed by atoms with Gasteiger partial charge in [-0.25, -0.2) is 18.4 Å². The van der Waals surface area contributed by atoms with E-state index in [4.69, 9.17) is 0 Å². The van der Waals surface area contributed by atoms with Crippen LogP contribution in [0.2, 0.25) is 0 Å². The van der Waals surface area contributed by atoms with Crippen molar-refractivity contribution >= 4 is 15.8 Å². The molecule has 24 heavy (non-hydrogen) atoms. The van der Waals surface area contributed by atoms with Gasteiger partial charge in [0.1, 0.15) is 17.3 Å². The average molecular weight is 364 g/mol. The lowest BCUT2D eigenvalue weighted by atomic mass is 10.3. The second-order valence-electron chi connectivity index (χ2n) is 6.14. The van der Waals surface area contributed by atoms with Crippen molar-refractivity contribution in [2.75, 3.05) is 31.1 Å². The molecule has 0 aromatic carbocycles. The average Bonchev–Trinajstić information content (AvgIpc) is 3.32. The molecule has 0 atom stereocenters. The second kappa shape index (κ2) is 6.14. The summed E-state index contributed by atoms with van der Waals surface area (Å²) in [6, 6.07) is 0.929. The number of rotatable bonds is 3. The first kappa shape index (κ1) is 17.4. The van der Waals surface area contributed by atoms with Gasteiger partial charge in [0.25, 0.3) is 0 Å².